The molecule has 1 unspecified atom stereocenters. The SMILES string of the molecule is C=C(C)C(=O)OCOC[SiH](C)O[Si](C)(C)Cc1ccc(O)c(OC)c1. The highest BCUT2D eigenvalue weighted by Gasteiger charge is 2.26. The number of phenols is 1. The van der Waals surface area contributed by atoms with E-state index in [2.05, 4.69) is 26.2 Å². The van der Waals surface area contributed by atoms with Crippen LogP contribution in [0.15, 0.2) is 30.4 Å². The molecule has 1 N–H and O–H groups in total. The summed E-state index contributed by atoms with van der Waals surface area (Å²) in [6, 6.07) is 6.17. The third kappa shape index (κ3) is 7.87. The van der Waals surface area contributed by atoms with Crippen LogP contribution in [0.3, 0.4) is 0 Å². The van der Waals surface area contributed by atoms with E-state index < -0.39 is 23.3 Å². The summed E-state index contributed by atoms with van der Waals surface area (Å²) in [5, 5.41) is 9.68. The Bertz CT molecular complexity index is 603. The fourth-order valence-electron chi connectivity index (χ4n) is 2.38. The first-order valence-corrected chi connectivity index (χ1v) is 13.6. The molecule has 0 amide bonds. The van der Waals surface area contributed by atoms with Crippen molar-refractivity contribution in [3.63, 3.8) is 0 Å². The molecule has 0 aliphatic rings. The van der Waals surface area contributed by atoms with Crippen molar-refractivity contribution in [1.82, 2.24) is 0 Å². The summed E-state index contributed by atoms with van der Waals surface area (Å²) in [5.41, 5.74) is 1.42. The summed E-state index contributed by atoms with van der Waals surface area (Å²) in [4.78, 5) is 11.3. The Kier molecular flexibility index (Phi) is 8.36. The van der Waals surface area contributed by atoms with Gasteiger partial charge in [-0.25, -0.2) is 4.79 Å². The van der Waals surface area contributed by atoms with Crippen LogP contribution in [0.2, 0.25) is 19.6 Å². The van der Waals surface area contributed by atoms with E-state index in [1.807, 2.05) is 12.1 Å². The number of methoxy groups -OCH3 is 1. The van der Waals surface area contributed by atoms with E-state index in [0.717, 1.165) is 11.6 Å². The molecule has 0 radical (unpaired) electrons. The average molecular weight is 385 g/mol. The summed E-state index contributed by atoms with van der Waals surface area (Å²) in [5.74, 6) is 0.147. The maximum Gasteiger partial charge on any atom is 0.335 e. The lowest BCUT2D eigenvalue weighted by molar-refractivity contribution is -0.150. The molecule has 0 heterocycles. The normalized spacial score (nSPS) is 12.5. The van der Waals surface area contributed by atoms with E-state index in [0.29, 0.717) is 17.6 Å². The number of hydrogen-bond donors (Lipinski definition) is 1. The lowest BCUT2D eigenvalue weighted by Gasteiger charge is -2.27. The predicted octanol–water partition coefficient (Wildman–Crippen LogP) is 2.69. The smallest absolute Gasteiger partial charge is 0.335 e. The second-order valence-corrected chi connectivity index (χ2v) is 13.3. The van der Waals surface area contributed by atoms with Gasteiger partial charge in [-0.05, 0) is 50.3 Å². The third-order valence-corrected chi connectivity index (χ3v) is 9.50. The summed E-state index contributed by atoms with van der Waals surface area (Å²) in [6.45, 7) is 11.4. The molecule has 0 bridgehead atoms. The maximum atomic E-state index is 11.3. The van der Waals surface area contributed by atoms with Gasteiger partial charge in [-0.3, -0.25) is 0 Å². The molecule has 25 heavy (non-hydrogen) atoms. The van der Waals surface area contributed by atoms with Crippen molar-refractivity contribution in [3.8, 4) is 11.5 Å². The number of aromatic hydroxyl groups is 1. The van der Waals surface area contributed by atoms with Gasteiger partial charge in [-0.1, -0.05) is 12.6 Å². The molecule has 0 fully saturated rings. The highest BCUT2D eigenvalue weighted by Crippen LogP contribution is 2.28. The van der Waals surface area contributed by atoms with Gasteiger partial charge in [0.15, 0.2) is 35.6 Å². The van der Waals surface area contributed by atoms with Gasteiger partial charge in [0, 0.05) is 5.57 Å². The number of rotatable bonds is 10. The first-order valence-electron chi connectivity index (χ1n) is 8.08. The Morgan fingerprint density at radius 1 is 1.36 bits per heavy atom. The minimum absolute atomic E-state index is 0.0798. The highest BCUT2D eigenvalue weighted by atomic mass is 28.4. The monoisotopic (exact) mass is 384 g/mol. The zero-order chi connectivity index (χ0) is 19.0. The molecule has 1 aromatic carbocycles. The Morgan fingerprint density at radius 3 is 2.64 bits per heavy atom. The predicted molar refractivity (Wildman–Crippen MR) is 102 cm³/mol. The lowest BCUT2D eigenvalue weighted by Crippen LogP contribution is -2.41. The van der Waals surface area contributed by atoms with Gasteiger partial charge in [-0.15, -0.1) is 0 Å². The molecule has 0 spiro atoms. The first-order chi connectivity index (χ1) is 11.6. The summed E-state index contributed by atoms with van der Waals surface area (Å²) in [7, 11) is -1.95. The number of carbonyl (C=O) groups is 1. The lowest BCUT2D eigenvalue weighted by atomic mass is 10.2. The summed E-state index contributed by atoms with van der Waals surface area (Å²) < 4.78 is 21.7. The number of esters is 1. The van der Waals surface area contributed by atoms with Crippen LogP contribution >= 0.6 is 0 Å². The van der Waals surface area contributed by atoms with E-state index >= 15 is 0 Å². The van der Waals surface area contributed by atoms with Gasteiger partial charge in [0.2, 0.25) is 0 Å². The Labute approximate surface area is 152 Å². The van der Waals surface area contributed by atoms with Crippen molar-refractivity contribution in [1.29, 1.82) is 0 Å². The molecule has 140 valence electrons. The number of ether oxygens (including phenoxy) is 3. The largest absolute Gasteiger partial charge is 0.504 e. The number of phenolic OH excluding ortho intramolecular Hbond substituents is 1. The van der Waals surface area contributed by atoms with E-state index in [1.54, 1.807) is 13.0 Å². The van der Waals surface area contributed by atoms with Crippen molar-refractivity contribution < 1.29 is 28.2 Å². The van der Waals surface area contributed by atoms with Crippen LogP contribution in [0, 0.1) is 0 Å². The fraction of sp³-hybridized carbons (Fsp3) is 0.471. The van der Waals surface area contributed by atoms with Gasteiger partial charge >= 0.3 is 5.97 Å². The van der Waals surface area contributed by atoms with E-state index in [9.17, 15) is 9.90 Å². The molecule has 1 aromatic rings. The summed E-state index contributed by atoms with van der Waals surface area (Å²) in [6.07, 6.45) is 0.471. The maximum absolute atomic E-state index is 11.3. The van der Waals surface area contributed by atoms with Crippen molar-refractivity contribution in [2.45, 2.75) is 32.6 Å². The molecule has 8 heteroatoms. The van der Waals surface area contributed by atoms with Crippen LogP contribution in [0.5, 0.6) is 11.5 Å². The van der Waals surface area contributed by atoms with Crippen molar-refractivity contribution in [3.05, 3.63) is 35.9 Å². The number of hydrogen-bond acceptors (Lipinski definition) is 6. The van der Waals surface area contributed by atoms with Crippen molar-refractivity contribution in [2.24, 2.45) is 0 Å². The first kappa shape index (κ1) is 21.4. The van der Waals surface area contributed by atoms with Gasteiger partial charge in [0.05, 0.1) is 13.3 Å². The van der Waals surface area contributed by atoms with Crippen molar-refractivity contribution in [2.75, 3.05) is 20.1 Å². The molecule has 0 aliphatic carbocycles. The van der Waals surface area contributed by atoms with Crippen LogP contribution in [0.1, 0.15) is 12.5 Å². The quantitative estimate of drug-likeness (QED) is 0.220. The van der Waals surface area contributed by atoms with Gasteiger partial charge in [0.1, 0.15) is 0 Å². The summed E-state index contributed by atoms with van der Waals surface area (Å²) >= 11 is 0. The average Bonchev–Trinajstić information content (AvgIpc) is 2.52. The minimum atomic E-state index is -1.94. The van der Waals surface area contributed by atoms with Crippen LogP contribution in [-0.2, 0) is 24.4 Å². The molecular formula is C17H28O6Si2. The van der Waals surface area contributed by atoms with Gasteiger partial charge in [0.25, 0.3) is 0 Å². The zero-order valence-corrected chi connectivity index (χ0v) is 17.8. The molecule has 0 aliphatic heterocycles. The molecule has 1 atom stereocenters. The van der Waals surface area contributed by atoms with E-state index in [4.69, 9.17) is 18.3 Å². The van der Waals surface area contributed by atoms with Gasteiger partial charge in [-0.2, -0.15) is 0 Å². The second-order valence-electron chi connectivity index (χ2n) is 6.57. The van der Waals surface area contributed by atoms with E-state index in [-0.39, 0.29) is 12.5 Å². The highest BCUT2D eigenvalue weighted by molar-refractivity contribution is 6.77. The minimum Gasteiger partial charge on any atom is -0.504 e. The van der Waals surface area contributed by atoms with Gasteiger partial charge < -0.3 is 23.4 Å². The van der Waals surface area contributed by atoms with Crippen LogP contribution in [0.25, 0.3) is 0 Å². The molecule has 1 rings (SSSR count). The Balaban J connectivity index is 2.45. The molecule has 0 aromatic heterocycles. The molecule has 0 saturated carbocycles. The number of benzene rings is 1. The standard InChI is InChI=1S/C17H28O6Si2/c1-13(2)17(19)22-11-21-12-24(4)23-25(5,6)10-14-7-8-15(18)16(9-14)20-3/h7-9,18,24H,1,10-12H2,2-6H3. The van der Waals surface area contributed by atoms with Crippen molar-refractivity contribution >= 4 is 23.3 Å². The second kappa shape index (κ2) is 9.76. The Hall–Kier alpha value is -1.62. The van der Waals surface area contributed by atoms with Crippen LogP contribution in [-0.4, -0.2) is 48.6 Å². The molecule has 0 saturated heterocycles. The van der Waals surface area contributed by atoms with Crippen LogP contribution < -0.4 is 4.74 Å². The van der Waals surface area contributed by atoms with Crippen LogP contribution in [0.4, 0.5) is 0 Å². The molecular weight excluding hydrogens is 356 g/mol. The van der Waals surface area contributed by atoms with E-state index in [1.165, 1.54) is 7.11 Å². The Morgan fingerprint density at radius 2 is 2.04 bits per heavy atom. The zero-order valence-electron chi connectivity index (χ0n) is 15.6. The molecule has 6 nitrogen and oxygen atoms in total. The topological polar surface area (TPSA) is 74.2 Å². The third-order valence-electron chi connectivity index (χ3n) is 3.37. The fourth-order valence-corrected chi connectivity index (χ4v) is 8.97. The number of carbonyl (C=O) groups excluding carboxylic acids is 1.